The maximum Gasteiger partial charge on any atom is 0.188 e. The molecule has 1 unspecified atom stereocenters. The average molecular weight is 206 g/mol. The number of aromatic nitrogens is 4. The van der Waals surface area contributed by atoms with E-state index in [0.29, 0.717) is 6.54 Å². The van der Waals surface area contributed by atoms with E-state index in [2.05, 4.69) is 26.4 Å². The maximum atomic E-state index is 8.85. The van der Waals surface area contributed by atoms with Crippen LogP contribution in [0.3, 0.4) is 0 Å². The molecule has 1 fully saturated rings. The van der Waals surface area contributed by atoms with E-state index in [1.807, 2.05) is 0 Å². The second kappa shape index (κ2) is 4.36. The quantitative estimate of drug-likeness (QED) is 0.678. The number of piperidine rings is 1. The number of aryl methyl sites for hydroxylation is 1. The lowest BCUT2D eigenvalue weighted by Gasteiger charge is -2.28. The van der Waals surface area contributed by atoms with Gasteiger partial charge < -0.3 is 0 Å². The molecule has 0 spiro atoms. The molecule has 1 atom stereocenters. The molecule has 0 amide bonds. The molecule has 0 aliphatic carbocycles. The van der Waals surface area contributed by atoms with Gasteiger partial charge in [0.15, 0.2) is 5.82 Å². The van der Waals surface area contributed by atoms with E-state index in [1.165, 1.54) is 4.80 Å². The summed E-state index contributed by atoms with van der Waals surface area (Å²) in [5, 5.41) is 20.7. The van der Waals surface area contributed by atoms with E-state index >= 15 is 0 Å². The van der Waals surface area contributed by atoms with Crippen molar-refractivity contribution in [1.82, 2.24) is 25.1 Å². The summed E-state index contributed by atoms with van der Waals surface area (Å²) in [5.74, 6) is 0.895. The lowest BCUT2D eigenvalue weighted by Crippen LogP contribution is -2.34. The summed E-state index contributed by atoms with van der Waals surface area (Å²) in [6.45, 7) is 2.55. The van der Waals surface area contributed by atoms with E-state index in [1.54, 1.807) is 7.05 Å². The molecule has 2 rings (SSSR count). The largest absolute Gasteiger partial charge is 0.295 e. The SMILES string of the molecule is Cn1nnc(CN2CCCC(C#N)C2)n1. The lowest BCUT2D eigenvalue weighted by molar-refractivity contribution is 0.188. The summed E-state index contributed by atoms with van der Waals surface area (Å²) in [6, 6.07) is 2.32. The normalized spacial score (nSPS) is 22.5. The number of nitrogens with zero attached hydrogens (tertiary/aromatic N) is 6. The first-order valence-electron chi connectivity index (χ1n) is 5.13. The Morgan fingerprint density at radius 2 is 2.47 bits per heavy atom. The van der Waals surface area contributed by atoms with Crippen molar-refractivity contribution in [1.29, 1.82) is 5.26 Å². The van der Waals surface area contributed by atoms with Gasteiger partial charge in [0, 0.05) is 6.54 Å². The highest BCUT2D eigenvalue weighted by Gasteiger charge is 2.20. The van der Waals surface area contributed by atoms with Crippen molar-refractivity contribution in [3.8, 4) is 6.07 Å². The molecule has 0 N–H and O–H groups in total. The van der Waals surface area contributed by atoms with Crippen LogP contribution in [-0.4, -0.2) is 38.2 Å². The van der Waals surface area contributed by atoms with E-state index in [4.69, 9.17) is 5.26 Å². The molecule has 0 radical (unpaired) electrons. The van der Waals surface area contributed by atoms with E-state index < -0.39 is 0 Å². The minimum absolute atomic E-state index is 0.162. The minimum atomic E-state index is 0.162. The molecule has 80 valence electrons. The van der Waals surface area contributed by atoms with E-state index in [9.17, 15) is 0 Å². The van der Waals surface area contributed by atoms with Crippen LogP contribution in [0.2, 0.25) is 0 Å². The van der Waals surface area contributed by atoms with Crippen molar-refractivity contribution < 1.29 is 0 Å². The Morgan fingerprint density at radius 3 is 3.13 bits per heavy atom. The van der Waals surface area contributed by atoms with Gasteiger partial charge in [0.2, 0.25) is 0 Å². The molecule has 1 aromatic rings. The fraction of sp³-hybridized carbons (Fsp3) is 0.778. The molecular formula is C9H14N6. The van der Waals surface area contributed by atoms with Crippen LogP contribution in [0.4, 0.5) is 0 Å². The maximum absolute atomic E-state index is 8.85. The third-order valence-corrected chi connectivity index (χ3v) is 2.60. The summed E-state index contributed by atoms with van der Waals surface area (Å²) < 4.78 is 0. The van der Waals surface area contributed by atoms with Gasteiger partial charge in [-0.2, -0.15) is 10.1 Å². The van der Waals surface area contributed by atoms with Crippen LogP contribution in [-0.2, 0) is 13.6 Å². The van der Waals surface area contributed by atoms with Crippen molar-refractivity contribution in [2.75, 3.05) is 13.1 Å². The van der Waals surface area contributed by atoms with Gasteiger partial charge in [0.05, 0.1) is 25.6 Å². The highest BCUT2D eigenvalue weighted by atomic mass is 15.6. The number of likely N-dealkylation sites (tertiary alicyclic amines) is 1. The monoisotopic (exact) mass is 206 g/mol. The lowest BCUT2D eigenvalue weighted by atomic mass is 10.00. The molecule has 6 heteroatoms. The zero-order chi connectivity index (χ0) is 10.7. The molecule has 0 saturated carbocycles. The number of hydrogen-bond acceptors (Lipinski definition) is 5. The van der Waals surface area contributed by atoms with Crippen molar-refractivity contribution in [2.45, 2.75) is 19.4 Å². The smallest absolute Gasteiger partial charge is 0.188 e. The summed E-state index contributed by atoms with van der Waals surface area (Å²) in [7, 11) is 1.75. The van der Waals surface area contributed by atoms with Gasteiger partial charge >= 0.3 is 0 Å². The molecular weight excluding hydrogens is 192 g/mol. The predicted molar refractivity (Wildman–Crippen MR) is 52.4 cm³/mol. The first kappa shape index (κ1) is 10.1. The van der Waals surface area contributed by atoms with Crippen LogP contribution < -0.4 is 0 Å². The standard InChI is InChI=1S/C9H14N6/c1-14-12-9(11-13-14)7-15-4-2-3-8(5-10)6-15/h8H,2-4,6-7H2,1H3. The Hall–Kier alpha value is -1.48. The van der Waals surface area contributed by atoms with Crippen LogP contribution in [0.15, 0.2) is 0 Å². The molecule has 2 heterocycles. The molecule has 6 nitrogen and oxygen atoms in total. The molecule has 1 aliphatic rings. The zero-order valence-corrected chi connectivity index (χ0v) is 8.80. The Balaban J connectivity index is 1.92. The summed E-state index contributed by atoms with van der Waals surface area (Å²) in [4.78, 5) is 3.68. The fourth-order valence-corrected chi connectivity index (χ4v) is 1.89. The average Bonchev–Trinajstić information content (AvgIpc) is 2.64. The van der Waals surface area contributed by atoms with Gasteiger partial charge in [0.25, 0.3) is 0 Å². The summed E-state index contributed by atoms with van der Waals surface area (Å²) in [5.41, 5.74) is 0. The molecule has 0 aromatic carbocycles. The van der Waals surface area contributed by atoms with Crippen LogP contribution in [0, 0.1) is 17.2 Å². The third-order valence-electron chi connectivity index (χ3n) is 2.60. The number of nitriles is 1. The van der Waals surface area contributed by atoms with Crippen LogP contribution in [0.25, 0.3) is 0 Å². The van der Waals surface area contributed by atoms with Gasteiger partial charge in [-0.15, -0.1) is 10.2 Å². The Bertz CT molecular complexity index is 365. The van der Waals surface area contributed by atoms with Gasteiger partial charge in [-0.05, 0) is 24.6 Å². The van der Waals surface area contributed by atoms with Crippen molar-refractivity contribution >= 4 is 0 Å². The molecule has 0 bridgehead atoms. The summed E-state index contributed by atoms with van der Waals surface area (Å²) >= 11 is 0. The predicted octanol–water partition coefficient (Wildman–Crippen LogP) is -0.0543. The minimum Gasteiger partial charge on any atom is -0.295 e. The Kier molecular flexibility index (Phi) is 2.92. The third kappa shape index (κ3) is 2.50. The van der Waals surface area contributed by atoms with Crippen LogP contribution >= 0.6 is 0 Å². The number of tetrazole rings is 1. The van der Waals surface area contributed by atoms with Crippen molar-refractivity contribution in [3.05, 3.63) is 5.82 Å². The highest BCUT2D eigenvalue weighted by molar-refractivity contribution is 4.89. The van der Waals surface area contributed by atoms with E-state index in [-0.39, 0.29) is 5.92 Å². The van der Waals surface area contributed by atoms with Crippen molar-refractivity contribution in [2.24, 2.45) is 13.0 Å². The van der Waals surface area contributed by atoms with Gasteiger partial charge in [-0.3, -0.25) is 4.90 Å². The number of hydrogen-bond donors (Lipinski definition) is 0. The second-order valence-electron chi connectivity index (χ2n) is 3.90. The van der Waals surface area contributed by atoms with E-state index in [0.717, 1.165) is 31.8 Å². The molecule has 1 aliphatic heterocycles. The van der Waals surface area contributed by atoms with Gasteiger partial charge in [-0.1, -0.05) is 0 Å². The van der Waals surface area contributed by atoms with Gasteiger partial charge in [-0.25, -0.2) is 0 Å². The Labute approximate surface area is 88.5 Å². The highest BCUT2D eigenvalue weighted by Crippen LogP contribution is 2.16. The Morgan fingerprint density at radius 1 is 1.60 bits per heavy atom. The van der Waals surface area contributed by atoms with Crippen molar-refractivity contribution in [3.63, 3.8) is 0 Å². The zero-order valence-electron chi connectivity index (χ0n) is 8.80. The number of rotatable bonds is 2. The van der Waals surface area contributed by atoms with Crippen LogP contribution in [0.1, 0.15) is 18.7 Å². The molecule has 1 saturated heterocycles. The fourth-order valence-electron chi connectivity index (χ4n) is 1.89. The molecule has 15 heavy (non-hydrogen) atoms. The second-order valence-corrected chi connectivity index (χ2v) is 3.90. The first-order chi connectivity index (χ1) is 7.28. The topological polar surface area (TPSA) is 70.6 Å². The summed E-state index contributed by atoms with van der Waals surface area (Å²) in [6.07, 6.45) is 2.10. The van der Waals surface area contributed by atoms with Crippen LogP contribution in [0.5, 0.6) is 0 Å². The van der Waals surface area contributed by atoms with Gasteiger partial charge in [0.1, 0.15) is 0 Å². The first-order valence-corrected chi connectivity index (χ1v) is 5.13. The molecule has 1 aromatic heterocycles.